The number of rotatable bonds is 4. The number of amides is 3. The molecule has 1 aliphatic rings. The van der Waals surface area contributed by atoms with Crippen LogP contribution in [0.5, 0.6) is 0 Å². The molecule has 0 aromatic heterocycles. The Morgan fingerprint density at radius 2 is 1.96 bits per heavy atom. The minimum absolute atomic E-state index is 0.0582. The van der Waals surface area contributed by atoms with Crippen LogP contribution in [0.1, 0.15) is 23.2 Å². The molecule has 0 radical (unpaired) electrons. The molecule has 8 heteroatoms. The highest BCUT2D eigenvalue weighted by Gasteiger charge is 2.19. The Morgan fingerprint density at radius 3 is 2.57 bits per heavy atom. The van der Waals surface area contributed by atoms with Crippen molar-refractivity contribution in [3.63, 3.8) is 0 Å². The molecule has 1 heterocycles. The number of halogens is 1. The van der Waals surface area contributed by atoms with Crippen LogP contribution in [-0.4, -0.2) is 49.6 Å². The van der Waals surface area contributed by atoms with Crippen molar-refractivity contribution in [1.82, 2.24) is 10.2 Å². The lowest BCUT2D eigenvalue weighted by molar-refractivity contribution is -0.129. The second kappa shape index (κ2) is 7.82. The maximum atomic E-state index is 12.1. The molecule has 0 atom stereocenters. The monoisotopic (exact) mass is 339 g/mol. The molecule has 0 bridgehead atoms. The Kier molecular flexibility index (Phi) is 5.81. The molecule has 2 N–H and O–H groups in total. The topological polar surface area (TPSA) is 87.7 Å². The van der Waals surface area contributed by atoms with Gasteiger partial charge in [0.15, 0.2) is 0 Å². The van der Waals surface area contributed by atoms with Gasteiger partial charge in [-0.3, -0.25) is 14.9 Å². The zero-order chi connectivity index (χ0) is 16.8. The first-order valence-electron chi connectivity index (χ1n) is 7.21. The molecular weight excluding hydrogens is 322 g/mol. The lowest BCUT2D eigenvalue weighted by Crippen LogP contribution is -2.38. The molecule has 0 spiro atoms. The summed E-state index contributed by atoms with van der Waals surface area (Å²) >= 11 is 6.05. The predicted octanol–water partition coefficient (Wildman–Crippen LogP) is 1.87. The number of hydrogen-bond donors (Lipinski definition) is 2. The molecule has 124 valence electrons. The van der Waals surface area contributed by atoms with Crippen molar-refractivity contribution in [1.29, 1.82) is 0 Å². The summed E-state index contributed by atoms with van der Waals surface area (Å²) < 4.78 is 4.47. The van der Waals surface area contributed by atoms with E-state index in [1.165, 1.54) is 25.3 Å². The van der Waals surface area contributed by atoms with E-state index in [4.69, 9.17) is 11.6 Å². The van der Waals surface area contributed by atoms with E-state index in [2.05, 4.69) is 15.4 Å². The highest BCUT2D eigenvalue weighted by molar-refractivity contribution is 6.34. The van der Waals surface area contributed by atoms with Crippen LogP contribution < -0.4 is 10.6 Å². The van der Waals surface area contributed by atoms with Gasteiger partial charge in [0.05, 0.1) is 24.2 Å². The van der Waals surface area contributed by atoms with E-state index in [1.54, 1.807) is 4.90 Å². The van der Waals surface area contributed by atoms with Gasteiger partial charge in [-0.1, -0.05) is 11.6 Å². The SMILES string of the molecule is COC(=O)Nc1ccc(C(=O)NCC(=O)N2CCCC2)c(Cl)c1. The summed E-state index contributed by atoms with van der Waals surface area (Å²) in [7, 11) is 1.25. The molecule has 7 nitrogen and oxygen atoms in total. The molecule has 1 aliphatic heterocycles. The van der Waals surface area contributed by atoms with Crippen molar-refractivity contribution in [2.45, 2.75) is 12.8 Å². The second-order valence-electron chi connectivity index (χ2n) is 5.08. The normalized spacial score (nSPS) is 13.6. The number of methoxy groups -OCH3 is 1. The van der Waals surface area contributed by atoms with Crippen LogP contribution in [0, 0.1) is 0 Å². The van der Waals surface area contributed by atoms with Gasteiger partial charge in [0, 0.05) is 18.8 Å². The Labute approximate surface area is 138 Å². The summed E-state index contributed by atoms with van der Waals surface area (Å²) in [6.07, 6.45) is 1.37. The van der Waals surface area contributed by atoms with E-state index >= 15 is 0 Å². The fourth-order valence-corrected chi connectivity index (χ4v) is 2.54. The maximum Gasteiger partial charge on any atom is 0.411 e. The summed E-state index contributed by atoms with van der Waals surface area (Å²) in [6.45, 7) is 1.42. The summed E-state index contributed by atoms with van der Waals surface area (Å²) in [5.74, 6) is -0.539. The molecule has 1 saturated heterocycles. The van der Waals surface area contributed by atoms with Gasteiger partial charge >= 0.3 is 6.09 Å². The molecule has 0 saturated carbocycles. The average molecular weight is 340 g/mol. The molecule has 1 aromatic carbocycles. The van der Waals surface area contributed by atoms with E-state index in [9.17, 15) is 14.4 Å². The van der Waals surface area contributed by atoms with Crippen LogP contribution >= 0.6 is 11.6 Å². The summed E-state index contributed by atoms with van der Waals surface area (Å²) in [6, 6.07) is 4.44. The van der Waals surface area contributed by atoms with Gasteiger partial charge in [0.25, 0.3) is 5.91 Å². The molecular formula is C15H18ClN3O4. The average Bonchev–Trinajstić information content (AvgIpc) is 3.06. The zero-order valence-electron chi connectivity index (χ0n) is 12.7. The number of carbonyl (C=O) groups is 3. The highest BCUT2D eigenvalue weighted by atomic mass is 35.5. The molecule has 1 aromatic rings. The Balaban J connectivity index is 1.93. The third-order valence-corrected chi connectivity index (χ3v) is 3.82. The van der Waals surface area contributed by atoms with Crippen molar-refractivity contribution in [2.75, 3.05) is 32.1 Å². The first kappa shape index (κ1) is 17.1. The number of carbonyl (C=O) groups excluding carboxylic acids is 3. The van der Waals surface area contributed by atoms with Gasteiger partial charge in [-0.25, -0.2) is 4.79 Å². The Morgan fingerprint density at radius 1 is 1.26 bits per heavy atom. The number of likely N-dealkylation sites (tertiary alicyclic amines) is 1. The van der Waals surface area contributed by atoms with Crippen LogP contribution in [0.2, 0.25) is 5.02 Å². The quantitative estimate of drug-likeness (QED) is 0.876. The molecule has 1 fully saturated rings. The van der Waals surface area contributed by atoms with Crippen LogP contribution in [0.15, 0.2) is 18.2 Å². The fourth-order valence-electron chi connectivity index (χ4n) is 2.28. The number of ether oxygens (including phenoxy) is 1. The van der Waals surface area contributed by atoms with E-state index in [0.29, 0.717) is 5.69 Å². The van der Waals surface area contributed by atoms with Crippen LogP contribution in [0.4, 0.5) is 10.5 Å². The van der Waals surface area contributed by atoms with E-state index in [-0.39, 0.29) is 23.0 Å². The minimum atomic E-state index is -0.630. The zero-order valence-corrected chi connectivity index (χ0v) is 13.5. The van der Waals surface area contributed by atoms with Crippen molar-refractivity contribution in [3.05, 3.63) is 28.8 Å². The first-order valence-corrected chi connectivity index (χ1v) is 7.59. The minimum Gasteiger partial charge on any atom is -0.453 e. The second-order valence-corrected chi connectivity index (χ2v) is 5.49. The van der Waals surface area contributed by atoms with Crippen LogP contribution in [0.3, 0.4) is 0 Å². The van der Waals surface area contributed by atoms with Gasteiger partial charge in [0.2, 0.25) is 5.91 Å². The third kappa shape index (κ3) is 4.59. The van der Waals surface area contributed by atoms with Crippen molar-refractivity contribution in [3.8, 4) is 0 Å². The van der Waals surface area contributed by atoms with Gasteiger partial charge in [0.1, 0.15) is 0 Å². The first-order chi connectivity index (χ1) is 11.0. The number of hydrogen-bond acceptors (Lipinski definition) is 4. The van der Waals surface area contributed by atoms with Gasteiger partial charge < -0.3 is 15.0 Å². The van der Waals surface area contributed by atoms with Crippen LogP contribution in [-0.2, 0) is 9.53 Å². The lowest BCUT2D eigenvalue weighted by atomic mass is 10.2. The molecule has 23 heavy (non-hydrogen) atoms. The molecule has 2 rings (SSSR count). The van der Waals surface area contributed by atoms with Crippen molar-refractivity contribution >= 4 is 35.2 Å². The lowest BCUT2D eigenvalue weighted by Gasteiger charge is -2.15. The van der Waals surface area contributed by atoms with E-state index in [1.807, 2.05) is 0 Å². The van der Waals surface area contributed by atoms with E-state index in [0.717, 1.165) is 25.9 Å². The molecule has 0 unspecified atom stereocenters. The largest absolute Gasteiger partial charge is 0.453 e. The summed E-state index contributed by atoms with van der Waals surface area (Å²) in [4.78, 5) is 36.8. The highest BCUT2D eigenvalue weighted by Crippen LogP contribution is 2.21. The van der Waals surface area contributed by atoms with Gasteiger partial charge in [-0.2, -0.15) is 0 Å². The van der Waals surface area contributed by atoms with Gasteiger partial charge in [-0.05, 0) is 31.0 Å². The fraction of sp³-hybridized carbons (Fsp3) is 0.400. The summed E-state index contributed by atoms with van der Waals surface area (Å²) in [5.41, 5.74) is 0.642. The molecule has 0 aliphatic carbocycles. The Bertz CT molecular complexity index is 615. The maximum absolute atomic E-state index is 12.1. The number of nitrogens with one attached hydrogen (secondary N) is 2. The standard InChI is InChI=1S/C15H18ClN3O4/c1-23-15(22)18-10-4-5-11(12(16)8-10)14(21)17-9-13(20)19-6-2-3-7-19/h4-5,8H,2-3,6-7,9H2,1H3,(H,17,21)(H,18,22). The Hall–Kier alpha value is -2.28. The van der Waals surface area contributed by atoms with Crippen molar-refractivity contribution < 1.29 is 19.1 Å². The van der Waals surface area contributed by atoms with Crippen LogP contribution in [0.25, 0.3) is 0 Å². The van der Waals surface area contributed by atoms with E-state index < -0.39 is 12.0 Å². The molecule has 3 amide bonds. The predicted molar refractivity (Wildman–Crippen MR) is 85.6 cm³/mol. The number of nitrogens with zero attached hydrogens (tertiary/aromatic N) is 1. The smallest absolute Gasteiger partial charge is 0.411 e. The summed E-state index contributed by atoms with van der Waals surface area (Å²) in [5, 5.41) is 5.18. The third-order valence-electron chi connectivity index (χ3n) is 3.50. The van der Waals surface area contributed by atoms with Crippen molar-refractivity contribution in [2.24, 2.45) is 0 Å². The van der Waals surface area contributed by atoms with Gasteiger partial charge in [-0.15, -0.1) is 0 Å². The number of anilines is 1. The number of benzene rings is 1.